The van der Waals surface area contributed by atoms with Crippen LogP contribution in [-0.2, 0) is 4.79 Å². The van der Waals surface area contributed by atoms with Gasteiger partial charge in [-0.3, -0.25) is 4.79 Å². The predicted octanol–water partition coefficient (Wildman–Crippen LogP) is 2.15. The molecule has 1 aliphatic carbocycles. The molecule has 1 saturated carbocycles. The molecule has 0 unspecified atom stereocenters. The summed E-state index contributed by atoms with van der Waals surface area (Å²) in [6.07, 6.45) is 3.48. The summed E-state index contributed by atoms with van der Waals surface area (Å²) < 4.78 is 5.20. The van der Waals surface area contributed by atoms with E-state index in [1.807, 2.05) is 17.0 Å². The molecule has 1 aromatic carbocycles. The number of benzene rings is 1. The number of carbonyl (C=O) groups is 1. The van der Waals surface area contributed by atoms with E-state index in [1.165, 1.54) is 18.4 Å². The number of hydrogen-bond donors (Lipinski definition) is 1. The number of hydrogen-bond acceptors (Lipinski definition) is 3. The first-order valence-electron chi connectivity index (χ1n) is 7.84. The molecule has 1 N–H and O–H groups in total. The van der Waals surface area contributed by atoms with Crippen molar-refractivity contribution >= 4 is 5.91 Å². The van der Waals surface area contributed by atoms with Crippen molar-refractivity contribution in [1.29, 1.82) is 0 Å². The van der Waals surface area contributed by atoms with E-state index in [-0.39, 0.29) is 5.91 Å². The molecule has 0 spiro atoms. The summed E-state index contributed by atoms with van der Waals surface area (Å²) in [6.45, 7) is 3.47. The van der Waals surface area contributed by atoms with Crippen molar-refractivity contribution in [2.45, 2.75) is 44.2 Å². The maximum Gasteiger partial charge on any atom is 0.236 e. The van der Waals surface area contributed by atoms with Gasteiger partial charge in [-0.2, -0.15) is 0 Å². The smallest absolute Gasteiger partial charge is 0.236 e. The van der Waals surface area contributed by atoms with E-state index >= 15 is 0 Å². The monoisotopic (exact) mass is 288 g/mol. The average molecular weight is 288 g/mol. The van der Waals surface area contributed by atoms with Crippen molar-refractivity contribution in [3.63, 3.8) is 0 Å². The SMILES string of the molecule is COc1ccc([C@@H]2C[C@@H](C)N(C(=O)CNC3CC3)C2)cc1. The maximum atomic E-state index is 12.3. The van der Waals surface area contributed by atoms with Crippen LogP contribution >= 0.6 is 0 Å². The third-order valence-electron chi connectivity index (χ3n) is 4.60. The maximum absolute atomic E-state index is 12.3. The van der Waals surface area contributed by atoms with Crippen LogP contribution in [0.5, 0.6) is 5.75 Å². The van der Waals surface area contributed by atoms with Gasteiger partial charge < -0.3 is 15.0 Å². The van der Waals surface area contributed by atoms with Crippen molar-refractivity contribution in [2.75, 3.05) is 20.2 Å². The number of nitrogens with one attached hydrogen (secondary N) is 1. The van der Waals surface area contributed by atoms with Crippen LogP contribution < -0.4 is 10.1 Å². The Morgan fingerprint density at radius 1 is 1.33 bits per heavy atom. The Morgan fingerprint density at radius 3 is 2.67 bits per heavy atom. The van der Waals surface area contributed by atoms with Crippen molar-refractivity contribution in [2.24, 2.45) is 0 Å². The fourth-order valence-electron chi connectivity index (χ4n) is 3.12. The molecule has 1 aliphatic heterocycles. The molecule has 2 aliphatic rings. The molecule has 21 heavy (non-hydrogen) atoms. The Bertz CT molecular complexity index is 496. The van der Waals surface area contributed by atoms with E-state index in [4.69, 9.17) is 4.74 Å². The lowest BCUT2D eigenvalue weighted by Crippen LogP contribution is -2.40. The van der Waals surface area contributed by atoms with Crippen LogP contribution in [0.3, 0.4) is 0 Å². The molecule has 1 saturated heterocycles. The van der Waals surface area contributed by atoms with E-state index in [0.29, 0.717) is 24.5 Å². The van der Waals surface area contributed by atoms with E-state index < -0.39 is 0 Å². The minimum atomic E-state index is 0.241. The topological polar surface area (TPSA) is 41.6 Å². The highest BCUT2D eigenvalue weighted by Crippen LogP contribution is 2.32. The molecule has 1 aromatic rings. The lowest BCUT2D eigenvalue weighted by molar-refractivity contribution is -0.130. The molecule has 1 amide bonds. The molecule has 114 valence electrons. The minimum Gasteiger partial charge on any atom is -0.497 e. The highest BCUT2D eigenvalue weighted by Gasteiger charge is 2.33. The van der Waals surface area contributed by atoms with Gasteiger partial charge >= 0.3 is 0 Å². The first-order valence-corrected chi connectivity index (χ1v) is 7.84. The molecule has 2 atom stereocenters. The third-order valence-corrected chi connectivity index (χ3v) is 4.60. The van der Waals surface area contributed by atoms with Gasteiger partial charge in [-0.25, -0.2) is 0 Å². The Balaban J connectivity index is 1.59. The van der Waals surface area contributed by atoms with Crippen LogP contribution in [0.25, 0.3) is 0 Å². The number of rotatable bonds is 5. The van der Waals surface area contributed by atoms with Crippen molar-refractivity contribution in [3.8, 4) is 5.75 Å². The predicted molar refractivity (Wildman–Crippen MR) is 82.6 cm³/mol. The van der Waals surface area contributed by atoms with Gasteiger partial charge in [-0.15, -0.1) is 0 Å². The molecular weight excluding hydrogens is 264 g/mol. The number of amides is 1. The van der Waals surface area contributed by atoms with Gasteiger partial charge in [0.1, 0.15) is 5.75 Å². The van der Waals surface area contributed by atoms with Gasteiger partial charge in [0.05, 0.1) is 13.7 Å². The fraction of sp³-hybridized carbons (Fsp3) is 0.588. The van der Waals surface area contributed by atoms with Crippen LogP contribution in [0, 0.1) is 0 Å². The van der Waals surface area contributed by atoms with Crippen LogP contribution in [0.15, 0.2) is 24.3 Å². The lowest BCUT2D eigenvalue weighted by atomic mass is 9.97. The Kier molecular flexibility index (Phi) is 4.15. The van der Waals surface area contributed by atoms with Gasteiger partial charge in [0.25, 0.3) is 0 Å². The highest BCUT2D eigenvalue weighted by molar-refractivity contribution is 5.79. The first-order chi connectivity index (χ1) is 10.2. The largest absolute Gasteiger partial charge is 0.497 e. The Labute approximate surface area is 126 Å². The molecule has 0 bridgehead atoms. The van der Waals surface area contributed by atoms with Crippen LogP contribution in [-0.4, -0.2) is 43.1 Å². The second-order valence-corrected chi connectivity index (χ2v) is 6.26. The summed E-state index contributed by atoms with van der Waals surface area (Å²) in [4.78, 5) is 14.3. The van der Waals surface area contributed by atoms with E-state index in [1.54, 1.807) is 7.11 Å². The van der Waals surface area contributed by atoms with Gasteiger partial charge in [-0.05, 0) is 43.9 Å². The zero-order valence-electron chi connectivity index (χ0n) is 12.8. The molecule has 0 radical (unpaired) electrons. The molecule has 3 rings (SSSR count). The average Bonchev–Trinajstić information content (AvgIpc) is 3.26. The zero-order chi connectivity index (χ0) is 14.8. The van der Waals surface area contributed by atoms with Gasteiger partial charge in [0, 0.05) is 24.5 Å². The standard InChI is InChI=1S/C17H24N2O2/c1-12-9-14(13-3-7-16(21-2)8-4-13)11-19(12)17(20)10-18-15-5-6-15/h3-4,7-8,12,14-15,18H,5-6,9-11H2,1-2H3/t12-,14-/m1/s1. The minimum absolute atomic E-state index is 0.241. The van der Waals surface area contributed by atoms with Crippen LogP contribution in [0.1, 0.15) is 37.7 Å². The summed E-state index contributed by atoms with van der Waals surface area (Å²) in [7, 11) is 1.68. The number of ether oxygens (including phenoxy) is 1. The molecule has 0 aromatic heterocycles. The molecular formula is C17H24N2O2. The second-order valence-electron chi connectivity index (χ2n) is 6.26. The van der Waals surface area contributed by atoms with Crippen molar-refractivity contribution in [3.05, 3.63) is 29.8 Å². The summed E-state index contributed by atoms with van der Waals surface area (Å²) in [5.41, 5.74) is 1.30. The third kappa shape index (κ3) is 3.38. The quantitative estimate of drug-likeness (QED) is 0.902. The van der Waals surface area contributed by atoms with Crippen molar-refractivity contribution < 1.29 is 9.53 Å². The van der Waals surface area contributed by atoms with Crippen LogP contribution in [0.4, 0.5) is 0 Å². The molecule has 4 heteroatoms. The molecule has 4 nitrogen and oxygen atoms in total. The summed E-state index contributed by atoms with van der Waals surface area (Å²) in [5.74, 6) is 1.56. The summed E-state index contributed by atoms with van der Waals surface area (Å²) >= 11 is 0. The Morgan fingerprint density at radius 2 is 2.05 bits per heavy atom. The second kappa shape index (κ2) is 6.06. The van der Waals surface area contributed by atoms with Crippen LogP contribution in [0.2, 0.25) is 0 Å². The van der Waals surface area contributed by atoms with E-state index in [0.717, 1.165) is 18.7 Å². The molecule has 1 heterocycles. The number of carbonyl (C=O) groups excluding carboxylic acids is 1. The van der Waals surface area contributed by atoms with Gasteiger partial charge in [-0.1, -0.05) is 12.1 Å². The first kappa shape index (κ1) is 14.4. The zero-order valence-corrected chi connectivity index (χ0v) is 12.8. The number of likely N-dealkylation sites (tertiary alicyclic amines) is 1. The van der Waals surface area contributed by atoms with E-state index in [2.05, 4.69) is 24.4 Å². The van der Waals surface area contributed by atoms with E-state index in [9.17, 15) is 4.79 Å². The van der Waals surface area contributed by atoms with Gasteiger partial charge in [0.15, 0.2) is 0 Å². The molecule has 2 fully saturated rings. The Hall–Kier alpha value is -1.55. The fourth-order valence-corrected chi connectivity index (χ4v) is 3.12. The summed E-state index contributed by atoms with van der Waals surface area (Å²) in [5, 5.41) is 3.32. The van der Waals surface area contributed by atoms with Crippen molar-refractivity contribution in [1.82, 2.24) is 10.2 Å². The normalized spacial score (nSPS) is 25.1. The number of methoxy groups -OCH3 is 1. The highest BCUT2D eigenvalue weighted by atomic mass is 16.5. The summed E-state index contributed by atoms with van der Waals surface area (Å²) in [6, 6.07) is 9.15. The van der Waals surface area contributed by atoms with Gasteiger partial charge in [0.2, 0.25) is 5.91 Å². The number of nitrogens with zero attached hydrogens (tertiary/aromatic N) is 1. The lowest BCUT2D eigenvalue weighted by Gasteiger charge is -2.21.